The summed E-state index contributed by atoms with van der Waals surface area (Å²) in [5.74, 6) is 0. The van der Waals surface area contributed by atoms with Gasteiger partial charge in [0.25, 0.3) is 0 Å². The van der Waals surface area contributed by atoms with Gasteiger partial charge in [0.1, 0.15) is 0 Å². The smallest absolute Gasteiger partial charge is 0.0897 e. The van der Waals surface area contributed by atoms with Crippen LogP contribution in [0.2, 0.25) is 0 Å². The van der Waals surface area contributed by atoms with Crippen LogP contribution < -0.4 is 5.32 Å². The zero-order chi connectivity index (χ0) is 13.3. The highest BCUT2D eigenvalue weighted by atomic mass is 16.5. The van der Waals surface area contributed by atoms with Gasteiger partial charge in [0.05, 0.1) is 18.8 Å². The second-order valence-corrected chi connectivity index (χ2v) is 5.23. The van der Waals surface area contributed by atoms with Crippen molar-refractivity contribution in [2.75, 3.05) is 13.2 Å². The lowest BCUT2D eigenvalue weighted by Gasteiger charge is -2.23. The zero-order valence-electron chi connectivity index (χ0n) is 11.4. The Bertz CT molecular complexity index is 339. The van der Waals surface area contributed by atoms with Crippen molar-refractivity contribution in [3.05, 3.63) is 30.1 Å². The van der Waals surface area contributed by atoms with Crippen molar-refractivity contribution in [1.29, 1.82) is 0 Å². The maximum Gasteiger partial charge on any atom is 0.0897 e. The van der Waals surface area contributed by atoms with Gasteiger partial charge in [-0.2, -0.15) is 0 Å². The first-order valence-electron chi connectivity index (χ1n) is 7.24. The molecule has 0 aliphatic heterocycles. The van der Waals surface area contributed by atoms with Crippen molar-refractivity contribution >= 4 is 0 Å². The van der Waals surface area contributed by atoms with Crippen LogP contribution in [-0.4, -0.2) is 35.5 Å². The summed E-state index contributed by atoms with van der Waals surface area (Å²) in [6, 6.07) is 3.94. The quantitative estimate of drug-likeness (QED) is 0.789. The van der Waals surface area contributed by atoms with E-state index in [1.807, 2.05) is 12.1 Å². The highest BCUT2D eigenvalue weighted by Gasteiger charge is 2.15. The van der Waals surface area contributed by atoms with Crippen LogP contribution in [0.4, 0.5) is 0 Å². The number of nitrogens with one attached hydrogen (secondary N) is 1. The number of rotatable bonds is 7. The summed E-state index contributed by atoms with van der Waals surface area (Å²) in [5.41, 5.74) is 1.18. The van der Waals surface area contributed by atoms with Crippen LogP contribution in [0.25, 0.3) is 0 Å². The lowest BCUT2D eigenvalue weighted by molar-refractivity contribution is -0.0230. The normalized spacial score (nSPS) is 18.4. The van der Waals surface area contributed by atoms with Gasteiger partial charge in [-0.05, 0) is 30.5 Å². The van der Waals surface area contributed by atoms with Gasteiger partial charge >= 0.3 is 0 Å². The second kappa shape index (κ2) is 8.25. The van der Waals surface area contributed by atoms with Gasteiger partial charge < -0.3 is 15.2 Å². The minimum absolute atomic E-state index is 0.364. The number of aromatic nitrogens is 1. The number of aliphatic hydroxyl groups is 1. The Kier molecular flexibility index (Phi) is 6.27. The molecule has 2 rings (SSSR count). The first-order chi connectivity index (χ1) is 9.34. The van der Waals surface area contributed by atoms with Crippen LogP contribution in [-0.2, 0) is 11.3 Å². The van der Waals surface area contributed by atoms with Crippen LogP contribution in [0.15, 0.2) is 24.5 Å². The number of pyridine rings is 1. The molecular weight excluding hydrogens is 240 g/mol. The van der Waals surface area contributed by atoms with Crippen LogP contribution in [0, 0.1) is 0 Å². The average Bonchev–Trinajstić information content (AvgIpc) is 2.47. The van der Waals surface area contributed by atoms with Crippen LogP contribution in [0.3, 0.4) is 0 Å². The van der Waals surface area contributed by atoms with E-state index in [0.717, 1.165) is 19.4 Å². The van der Waals surface area contributed by atoms with Gasteiger partial charge in [-0.15, -0.1) is 0 Å². The summed E-state index contributed by atoms with van der Waals surface area (Å²) in [5, 5.41) is 13.1. The summed E-state index contributed by atoms with van der Waals surface area (Å²) in [7, 11) is 0. The number of ether oxygens (including phenoxy) is 1. The van der Waals surface area contributed by atoms with Gasteiger partial charge in [-0.1, -0.05) is 19.3 Å². The monoisotopic (exact) mass is 264 g/mol. The molecule has 0 bridgehead atoms. The Balaban J connectivity index is 1.55. The van der Waals surface area contributed by atoms with Crippen LogP contribution in [0.5, 0.6) is 0 Å². The number of hydrogen-bond donors (Lipinski definition) is 2. The second-order valence-electron chi connectivity index (χ2n) is 5.23. The summed E-state index contributed by atoms with van der Waals surface area (Å²) in [6.45, 7) is 1.76. The molecule has 1 aromatic heterocycles. The van der Waals surface area contributed by atoms with E-state index < -0.39 is 6.10 Å². The molecule has 0 spiro atoms. The Labute approximate surface area is 115 Å². The molecule has 1 atom stereocenters. The van der Waals surface area contributed by atoms with Crippen molar-refractivity contribution in [2.24, 2.45) is 0 Å². The lowest BCUT2D eigenvalue weighted by Crippen LogP contribution is -2.32. The van der Waals surface area contributed by atoms with E-state index in [1.165, 1.54) is 24.8 Å². The van der Waals surface area contributed by atoms with Gasteiger partial charge in [0, 0.05) is 25.5 Å². The maximum absolute atomic E-state index is 9.86. The Morgan fingerprint density at radius 3 is 2.74 bits per heavy atom. The Morgan fingerprint density at radius 2 is 2.00 bits per heavy atom. The Morgan fingerprint density at radius 1 is 1.26 bits per heavy atom. The fourth-order valence-corrected chi connectivity index (χ4v) is 2.42. The van der Waals surface area contributed by atoms with E-state index in [2.05, 4.69) is 10.3 Å². The minimum atomic E-state index is -0.427. The third-order valence-corrected chi connectivity index (χ3v) is 3.53. The Hall–Kier alpha value is -0.970. The molecule has 1 aliphatic carbocycles. The zero-order valence-corrected chi connectivity index (χ0v) is 11.4. The SMILES string of the molecule is OC(CNCc1ccncc1)COC1CCCCC1. The largest absolute Gasteiger partial charge is 0.389 e. The molecule has 1 fully saturated rings. The number of aliphatic hydroxyl groups excluding tert-OH is 1. The summed E-state index contributed by atoms with van der Waals surface area (Å²) in [4.78, 5) is 3.97. The molecule has 106 valence electrons. The molecule has 1 heterocycles. The van der Waals surface area contributed by atoms with E-state index >= 15 is 0 Å². The molecule has 1 unspecified atom stereocenters. The molecule has 1 aromatic rings. The highest BCUT2D eigenvalue weighted by molar-refractivity contribution is 5.08. The third-order valence-electron chi connectivity index (χ3n) is 3.53. The van der Waals surface area contributed by atoms with Gasteiger partial charge in [-0.3, -0.25) is 4.98 Å². The van der Waals surface area contributed by atoms with Gasteiger partial charge in [-0.25, -0.2) is 0 Å². The van der Waals surface area contributed by atoms with Crippen LogP contribution >= 0.6 is 0 Å². The number of nitrogens with zero attached hydrogens (tertiary/aromatic N) is 1. The number of hydrogen-bond acceptors (Lipinski definition) is 4. The van der Waals surface area contributed by atoms with Crippen molar-refractivity contribution < 1.29 is 9.84 Å². The van der Waals surface area contributed by atoms with Crippen molar-refractivity contribution in [2.45, 2.75) is 50.9 Å². The molecule has 4 nitrogen and oxygen atoms in total. The van der Waals surface area contributed by atoms with Gasteiger partial charge in [0.2, 0.25) is 0 Å². The van der Waals surface area contributed by atoms with Crippen molar-refractivity contribution in [3.8, 4) is 0 Å². The fourth-order valence-electron chi connectivity index (χ4n) is 2.42. The molecule has 0 amide bonds. The fraction of sp³-hybridized carbons (Fsp3) is 0.667. The van der Waals surface area contributed by atoms with E-state index in [9.17, 15) is 5.11 Å². The van der Waals surface area contributed by atoms with Crippen LogP contribution in [0.1, 0.15) is 37.7 Å². The third kappa shape index (κ3) is 5.68. The van der Waals surface area contributed by atoms with E-state index in [4.69, 9.17) is 4.74 Å². The highest BCUT2D eigenvalue weighted by Crippen LogP contribution is 2.20. The van der Waals surface area contributed by atoms with Crippen molar-refractivity contribution in [1.82, 2.24) is 10.3 Å². The van der Waals surface area contributed by atoms with Crippen molar-refractivity contribution in [3.63, 3.8) is 0 Å². The molecule has 0 aromatic carbocycles. The molecule has 0 saturated heterocycles. The average molecular weight is 264 g/mol. The molecule has 0 radical (unpaired) electrons. The summed E-state index contributed by atoms with van der Waals surface area (Å²) in [6.07, 6.45) is 9.65. The topological polar surface area (TPSA) is 54.4 Å². The summed E-state index contributed by atoms with van der Waals surface area (Å²) < 4.78 is 5.75. The molecular formula is C15H24N2O2. The molecule has 2 N–H and O–H groups in total. The first kappa shape index (κ1) is 14.4. The maximum atomic E-state index is 9.86. The predicted octanol–water partition coefficient (Wildman–Crippen LogP) is 1.88. The first-order valence-corrected chi connectivity index (χ1v) is 7.24. The lowest BCUT2D eigenvalue weighted by atomic mass is 9.98. The standard InChI is InChI=1S/C15H24N2O2/c18-14(12-19-15-4-2-1-3-5-15)11-17-10-13-6-8-16-9-7-13/h6-9,14-15,17-18H,1-5,10-12H2. The minimum Gasteiger partial charge on any atom is -0.389 e. The van der Waals surface area contributed by atoms with E-state index in [0.29, 0.717) is 19.3 Å². The van der Waals surface area contributed by atoms with E-state index in [-0.39, 0.29) is 0 Å². The van der Waals surface area contributed by atoms with Gasteiger partial charge in [0.15, 0.2) is 0 Å². The predicted molar refractivity (Wildman–Crippen MR) is 74.8 cm³/mol. The molecule has 19 heavy (non-hydrogen) atoms. The summed E-state index contributed by atoms with van der Waals surface area (Å²) >= 11 is 0. The molecule has 1 saturated carbocycles. The molecule has 1 aliphatic rings. The van der Waals surface area contributed by atoms with E-state index in [1.54, 1.807) is 12.4 Å². The molecule has 4 heteroatoms.